The molecule has 1 rings (SSSR count). The number of nitro groups is 1. The third kappa shape index (κ3) is 4.46. The second-order valence-corrected chi connectivity index (χ2v) is 3.35. The Hall–Kier alpha value is -2.17. The Bertz CT molecular complexity index is 423. The molecule has 5 heteroatoms. The molecule has 90 valence electrons. The number of ether oxygens (including phenoxy) is 1. The molecule has 0 heterocycles. The summed E-state index contributed by atoms with van der Waals surface area (Å²) in [6.45, 7) is 2.30. The van der Waals surface area contributed by atoms with Crippen molar-refractivity contribution < 1.29 is 14.5 Å². The zero-order valence-electron chi connectivity index (χ0n) is 9.46. The lowest BCUT2D eigenvalue weighted by Gasteiger charge is -1.97. The molecule has 0 spiro atoms. The second-order valence-electron chi connectivity index (χ2n) is 3.35. The summed E-state index contributed by atoms with van der Waals surface area (Å²) in [4.78, 5) is 21.1. The highest BCUT2D eigenvalue weighted by Gasteiger charge is 2.02. The largest absolute Gasteiger partial charge is 0.463 e. The molecule has 0 fully saturated rings. The molecule has 0 aromatic heterocycles. The molecule has 0 aliphatic heterocycles. The van der Waals surface area contributed by atoms with Crippen LogP contribution in [-0.4, -0.2) is 17.5 Å². The molecule has 5 nitrogen and oxygen atoms in total. The predicted molar refractivity (Wildman–Crippen MR) is 63.4 cm³/mol. The van der Waals surface area contributed by atoms with Crippen LogP contribution in [0.2, 0.25) is 0 Å². The maximum Gasteiger partial charge on any atom is 0.330 e. The van der Waals surface area contributed by atoms with Crippen molar-refractivity contribution in [2.24, 2.45) is 0 Å². The highest BCUT2D eigenvalue weighted by molar-refractivity contribution is 5.87. The molecular weight excluding hydrogens is 222 g/mol. The minimum atomic E-state index is -0.469. The van der Waals surface area contributed by atoms with Gasteiger partial charge in [0.15, 0.2) is 0 Å². The molecule has 0 N–H and O–H groups in total. The summed E-state index contributed by atoms with van der Waals surface area (Å²) in [6.07, 6.45) is 3.63. The van der Waals surface area contributed by atoms with Crippen molar-refractivity contribution in [2.45, 2.75) is 13.3 Å². The quantitative estimate of drug-likeness (QED) is 0.340. The van der Waals surface area contributed by atoms with Crippen molar-refractivity contribution in [3.05, 3.63) is 46.0 Å². The normalized spacial score (nSPS) is 10.4. The number of carbonyl (C=O) groups excluding carboxylic acids is 1. The zero-order valence-corrected chi connectivity index (χ0v) is 9.46. The highest BCUT2D eigenvalue weighted by Crippen LogP contribution is 2.12. The Morgan fingerprint density at radius 2 is 2.06 bits per heavy atom. The lowest BCUT2D eigenvalue weighted by Crippen LogP contribution is -2.00. The van der Waals surface area contributed by atoms with Crippen LogP contribution in [-0.2, 0) is 9.53 Å². The molecule has 0 bridgehead atoms. The SMILES string of the molecule is CCCOC(=O)/C=C/c1ccc([N+](=O)[O-])cc1. The van der Waals surface area contributed by atoms with Crippen LogP contribution in [0, 0.1) is 10.1 Å². The van der Waals surface area contributed by atoms with Crippen molar-refractivity contribution in [1.82, 2.24) is 0 Å². The summed E-state index contributed by atoms with van der Waals surface area (Å²) in [5.74, 6) is -0.412. The predicted octanol–water partition coefficient (Wildman–Crippen LogP) is 2.56. The van der Waals surface area contributed by atoms with E-state index in [0.29, 0.717) is 12.2 Å². The summed E-state index contributed by atoms with van der Waals surface area (Å²) in [7, 11) is 0. The van der Waals surface area contributed by atoms with Crippen LogP contribution in [0.5, 0.6) is 0 Å². The number of non-ortho nitro benzene ring substituents is 1. The number of benzene rings is 1. The van der Waals surface area contributed by atoms with E-state index in [4.69, 9.17) is 4.74 Å². The van der Waals surface area contributed by atoms with Gasteiger partial charge in [0.1, 0.15) is 0 Å². The Labute approximate surface area is 98.9 Å². The number of nitro benzene ring substituents is 1. The van der Waals surface area contributed by atoms with Gasteiger partial charge in [0, 0.05) is 18.2 Å². The average Bonchev–Trinajstić information content (AvgIpc) is 2.34. The van der Waals surface area contributed by atoms with E-state index in [0.717, 1.165) is 6.42 Å². The fourth-order valence-corrected chi connectivity index (χ4v) is 1.12. The van der Waals surface area contributed by atoms with Crippen LogP contribution < -0.4 is 0 Å². The van der Waals surface area contributed by atoms with E-state index < -0.39 is 10.9 Å². The Morgan fingerprint density at radius 1 is 1.41 bits per heavy atom. The van der Waals surface area contributed by atoms with Crippen molar-refractivity contribution in [3.63, 3.8) is 0 Å². The van der Waals surface area contributed by atoms with Crippen LogP contribution in [0.25, 0.3) is 6.08 Å². The molecule has 17 heavy (non-hydrogen) atoms. The molecule has 0 unspecified atom stereocenters. The smallest absolute Gasteiger partial charge is 0.330 e. The lowest BCUT2D eigenvalue weighted by atomic mass is 10.2. The van der Waals surface area contributed by atoms with Gasteiger partial charge in [0.05, 0.1) is 11.5 Å². The van der Waals surface area contributed by atoms with Crippen molar-refractivity contribution in [1.29, 1.82) is 0 Å². The van der Waals surface area contributed by atoms with Gasteiger partial charge in [-0.2, -0.15) is 0 Å². The van der Waals surface area contributed by atoms with Gasteiger partial charge in [0.2, 0.25) is 0 Å². The maximum atomic E-state index is 11.1. The van der Waals surface area contributed by atoms with E-state index in [1.807, 2.05) is 6.92 Å². The van der Waals surface area contributed by atoms with Crippen molar-refractivity contribution in [3.8, 4) is 0 Å². The molecule has 0 radical (unpaired) electrons. The fourth-order valence-electron chi connectivity index (χ4n) is 1.12. The molecule has 0 atom stereocenters. The third-order valence-corrected chi connectivity index (χ3v) is 1.96. The van der Waals surface area contributed by atoms with Crippen LogP contribution in [0.1, 0.15) is 18.9 Å². The molecule has 1 aromatic carbocycles. The van der Waals surface area contributed by atoms with Crippen molar-refractivity contribution in [2.75, 3.05) is 6.61 Å². The molecule has 0 aliphatic carbocycles. The van der Waals surface area contributed by atoms with Gasteiger partial charge in [-0.1, -0.05) is 6.92 Å². The van der Waals surface area contributed by atoms with Crippen LogP contribution >= 0.6 is 0 Å². The highest BCUT2D eigenvalue weighted by atomic mass is 16.6. The number of carbonyl (C=O) groups is 1. The summed E-state index contributed by atoms with van der Waals surface area (Å²) < 4.78 is 4.84. The van der Waals surface area contributed by atoms with E-state index in [1.165, 1.54) is 18.2 Å². The van der Waals surface area contributed by atoms with E-state index in [1.54, 1.807) is 18.2 Å². The lowest BCUT2D eigenvalue weighted by molar-refractivity contribution is -0.384. The molecule has 1 aromatic rings. The minimum absolute atomic E-state index is 0.0238. The summed E-state index contributed by atoms with van der Waals surface area (Å²) in [6, 6.07) is 5.91. The average molecular weight is 235 g/mol. The first-order valence-electron chi connectivity index (χ1n) is 5.22. The minimum Gasteiger partial charge on any atom is -0.463 e. The first-order valence-corrected chi connectivity index (χ1v) is 5.22. The summed E-state index contributed by atoms with van der Waals surface area (Å²) >= 11 is 0. The number of esters is 1. The van der Waals surface area contributed by atoms with Crippen LogP contribution in [0.15, 0.2) is 30.3 Å². The Kier molecular flexibility index (Phi) is 4.87. The maximum absolute atomic E-state index is 11.1. The second kappa shape index (κ2) is 6.42. The van der Waals surface area contributed by atoms with Gasteiger partial charge in [-0.3, -0.25) is 10.1 Å². The number of rotatable bonds is 5. The van der Waals surface area contributed by atoms with Gasteiger partial charge in [-0.25, -0.2) is 4.79 Å². The topological polar surface area (TPSA) is 69.4 Å². The van der Waals surface area contributed by atoms with Gasteiger partial charge >= 0.3 is 5.97 Å². The van der Waals surface area contributed by atoms with Gasteiger partial charge < -0.3 is 4.74 Å². The van der Waals surface area contributed by atoms with Gasteiger partial charge in [-0.05, 0) is 30.2 Å². The molecule has 0 saturated heterocycles. The van der Waals surface area contributed by atoms with E-state index >= 15 is 0 Å². The van der Waals surface area contributed by atoms with Gasteiger partial charge in [0.25, 0.3) is 5.69 Å². The zero-order chi connectivity index (χ0) is 12.7. The number of nitrogens with zero attached hydrogens (tertiary/aromatic N) is 1. The Morgan fingerprint density at radius 3 is 2.59 bits per heavy atom. The molecular formula is C12H13NO4. The van der Waals surface area contributed by atoms with E-state index in [9.17, 15) is 14.9 Å². The number of hydrogen-bond acceptors (Lipinski definition) is 4. The third-order valence-electron chi connectivity index (χ3n) is 1.96. The summed E-state index contributed by atoms with van der Waals surface area (Å²) in [5, 5.41) is 10.4. The first-order chi connectivity index (χ1) is 8.13. The monoisotopic (exact) mass is 235 g/mol. The first kappa shape index (κ1) is 12.9. The number of hydrogen-bond donors (Lipinski definition) is 0. The van der Waals surface area contributed by atoms with Crippen LogP contribution in [0.4, 0.5) is 5.69 Å². The van der Waals surface area contributed by atoms with Crippen LogP contribution in [0.3, 0.4) is 0 Å². The standard InChI is InChI=1S/C12H13NO4/c1-2-9-17-12(14)8-5-10-3-6-11(7-4-10)13(15)16/h3-8H,2,9H2,1H3/b8-5+. The van der Waals surface area contributed by atoms with E-state index in [2.05, 4.69) is 0 Å². The molecule has 0 amide bonds. The summed E-state index contributed by atoms with van der Waals surface area (Å²) in [5.41, 5.74) is 0.736. The van der Waals surface area contributed by atoms with E-state index in [-0.39, 0.29) is 5.69 Å². The van der Waals surface area contributed by atoms with Gasteiger partial charge in [-0.15, -0.1) is 0 Å². The fraction of sp³-hybridized carbons (Fsp3) is 0.250. The molecule has 0 aliphatic rings. The van der Waals surface area contributed by atoms with Crippen molar-refractivity contribution >= 4 is 17.7 Å². The Balaban J connectivity index is 2.59. The molecule has 0 saturated carbocycles.